The van der Waals surface area contributed by atoms with Crippen LogP contribution in [0.4, 0.5) is 18.9 Å². The van der Waals surface area contributed by atoms with Crippen LogP contribution in [0, 0.1) is 0 Å². The minimum absolute atomic E-state index is 0.0223. The summed E-state index contributed by atoms with van der Waals surface area (Å²) < 4.78 is 68.4. The van der Waals surface area contributed by atoms with Crippen LogP contribution in [0.1, 0.15) is 47.8 Å². The average molecular weight is 577 g/mol. The molecule has 40 heavy (non-hydrogen) atoms. The van der Waals surface area contributed by atoms with Crippen LogP contribution >= 0.6 is 0 Å². The van der Waals surface area contributed by atoms with Crippen molar-refractivity contribution in [3.8, 4) is 5.75 Å². The molecule has 0 spiro atoms. The van der Waals surface area contributed by atoms with Gasteiger partial charge in [-0.25, -0.2) is 8.42 Å². The van der Waals surface area contributed by atoms with E-state index in [0.717, 1.165) is 17.8 Å². The SMILES string of the molecule is CCS(=O)(=O)c1ccc([C@H](CO)NC(=O)c2ccc(N3C[C@H](Oc4ccc(C(F)(F)F)cc4)CC3C)cc2)cc1. The molecule has 7 nitrogen and oxygen atoms in total. The number of rotatable bonds is 9. The van der Waals surface area contributed by atoms with E-state index in [4.69, 9.17) is 4.74 Å². The summed E-state index contributed by atoms with van der Waals surface area (Å²) in [7, 11) is -3.35. The van der Waals surface area contributed by atoms with Gasteiger partial charge in [-0.2, -0.15) is 13.2 Å². The molecule has 0 radical (unpaired) electrons. The topological polar surface area (TPSA) is 95.9 Å². The number of alkyl halides is 3. The third kappa shape index (κ3) is 6.76. The summed E-state index contributed by atoms with van der Waals surface area (Å²) in [5.74, 6) is -0.0427. The lowest BCUT2D eigenvalue weighted by Gasteiger charge is -2.24. The van der Waals surface area contributed by atoms with Gasteiger partial charge in [0.1, 0.15) is 11.9 Å². The number of anilines is 1. The van der Waals surface area contributed by atoms with E-state index in [2.05, 4.69) is 10.2 Å². The van der Waals surface area contributed by atoms with Crippen LogP contribution in [0.3, 0.4) is 0 Å². The van der Waals surface area contributed by atoms with Gasteiger partial charge in [-0.15, -0.1) is 0 Å². The molecule has 3 aromatic rings. The van der Waals surface area contributed by atoms with Gasteiger partial charge in [-0.05, 0) is 73.2 Å². The van der Waals surface area contributed by atoms with E-state index < -0.39 is 33.5 Å². The number of amides is 1. The van der Waals surface area contributed by atoms with Gasteiger partial charge < -0.3 is 20.1 Å². The second-order valence-electron chi connectivity index (χ2n) is 9.73. The predicted octanol–water partition coefficient (Wildman–Crippen LogP) is 5.01. The summed E-state index contributed by atoms with van der Waals surface area (Å²) >= 11 is 0. The number of sulfone groups is 1. The Balaban J connectivity index is 1.37. The average Bonchev–Trinajstić information content (AvgIpc) is 3.31. The summed E-state index contributed by atoms with van der Waals surface area (Å²) in [6.45, 7) is 3.75. The number of nitrogens with zero attached hydrogens (tertiary/aromatic N) is 1. The molecule has 1 unspecified atom stereocenters. The van der Waals surface area contributed by atoms with Crippen molar-refractivity contribution >= 4 is 21.4 Å². The molecule has 1 saturated heterocycles. The molecule has 0 aliphatic carbocycles. The smallest absolute Gasteiger partial charge is 0.416 e. The van der Waals surface area contributed by atoms with Crippen LogP contribution in [-0.4, -0.2) is 50.5 Å². The molecule has 1 fully saturated rings. The minimum atomic E-state index is -4.40. The third-order valence-corrected chi connectivity index (χ3v) is 8.74. The summed E-state index contributed by atoms with van der Waals surface area (Å²) in [6, 6.07) is 17.1. The molecule has 0 saturated carbocycles. The van der Waals surface area contributed by atoms with Gasteiger partial charge in [0, 0.05) is 23.7 Å². The van der Waals surface area contributed by atoms with Crippen LogP contribution in [0.25, 0.3) is 0 Å². The van der Waals surface area contributed by atoms with E-state index in [0.29, 0.717) is 29.8 Å². The molecule has 1 heterocycles. The molecule has 1 aliphatic heterocycles. The molecule has 11 heteroatoms. The van der Waals surface area contributed by atoms with Gasteiger partial charge in [0.15, 0.2) is 9.84 Å². The molecule has 1 amide bonds. The maximum Gasteiger partial charge on any atom is 0.416 e. The number of aliphatic hydroxyl groups excluding tert-OH is 1. The van der Waals surface area contributed by atoms with Gasteiger partial charge in [-0.3, -0.25) is 4.79 Å². The van der Waals surface area contributed by atoms with E-state index in [9.17, 15) is 31.5 Å². The highest BCUT2D eigenvalue weighted by atomic mass is 32.2. The van der Waals surface area contributed by atoms with Crippen LogP contribution < -0.4 is 15.0 Å². The Morgan fingerprint density at radius 1 is 1.05 bits per heavy atom. The quantitative estimate of drug-likeness (QED) is 0.372. The zero-order valence-electron chi connectivity index (χ0n) is 22.1. The van der Waals surface area contributed by atoms with E-state index in [-0.39, 0.29) is 29.4 Å². The number of carbonyl (C=O) groups excluding carboxylic acids is 1. The molecule has 3 atom stereocenters. The van der Waals surface area contributed by atoms with Crippen molar-refractivity contribution in [2.45, 2.75) is 49.5 Å². The fourth-order valence-corrected chi connectivity index (χ4v) is 5.58. The van der Waals surface area contributed by atoms with Crippen LogP contribution in [0.2, 0.25) is 0 Å². The van der Waals surface area contributed by atoms with Gasteiger partial charge in [-0.1, -0.05) is 19.1 Å². The molecule has 1 aliphatic rings. The van der Waals surface area contributed by atoms with Crippen molar-refractivity contribution < 1.29 is 36.2 Å². The number of aliphatic hydroxyl groups is 1. The lowest BCUT2D eigenvalue weighted by molar-refractivity contribution is -0.137. The Morgan fingerprint density at radius 3 is 2.23 bits per heavy atom. The molecule has 3 aromatic carbocycles. The Morgan fingerprint density at radius 2 is 1.68 bits per heavy atom. The van der Waals surface area contributed by atoms with E-state index in [1.54, 1.807) is 31.2 Å². The standard InChI is InChI=1S/C29H31F3N2O5S/c1-3-40(37,38)26-14-6-20(7-15-26)27(18-35)33-28(36)21-4-10-23(11-5-21)34-17-25(16-19(34)2)39-24-12-8-22(9-13-24)29(30,31)32/h4-15,19,25,27,35H,3,16-18H2,1-2H3,(H,33,36)/t19?,25-,27+/m1/s1. The second kappa shape index (κ2) is 11.9. The first-order chi connectivity index (χ1) is 18.9. The van der Waals surface area contributed by atoms with Gasteiger partial charge in [0.25, 0.3) is 5.91 Å². The maximum absolute atomic E-state index is 12.9. The second-order valence-corrected chi connectivity index (χ2v) is 12.0. The highest BCUT2D eigenvalue weighted by Gasteiger charge is 2.32. The number of carbonyl (C=O) groups is 1. The molecular formula is C29H31F3N2O5S. The number of hydrogen-bond donors (Lipinski definition) is 2. The lowest BCUT2D eigenvalue weighted by Crippen LogP contribution is -2.31. The van der Waals surface area contributed by atoms with Crippen molar-refractivity contribution in [1.29, 1.82) is 0 Å². The normalized spacial score (nSPS) is 18.4. The number of halogens is 3. The third-order valence-electron chi connectivity index (χ3n) is 6.99. The first-order valence-electron chi connectivity index (χ1n) is 12.9. The van der Waals surface area contributed by atoms with Crippen molar-refractivity contribution in [2.24, 2.45) is 0 Å². The molecule has 214 valence electrons. The highest BCUT2D eigenvalue weighted by molar-refractivity contribution is 7.91. The highest BCUT2D eigenvalue weighted by Crippen LogP contribution is 2.32. The number of hydrogen-bond acceptors (Lipinski definition) is 6. The first kappa shape index (κ1) is 29.4. The molecule has 2 N–H and O–H groups in total. The van der Waals surface area contributed by atoms with Crippen LogP contribution in [0.5, 0.6) is 5.75 Å². The fourth-order valence-electron chi connectivity index (χ4n) is 4.70. The van der Waals surface area contributed by atoms with Gasteiger partial charge in [0.2, 0.25) is 0 Å². The summed E-state index contributed by atoms with van der Waals surface area (Å²) in [5, 5.41) is 12.6. The number of benzene rings is 3. The van der Waals surface area contributed by atoms with Gasteiger partial charge >= 0.3 is 6.18 Å². The summed E-state index contributed by atoms with van der Waals surface area (Å²) in [4.78, 5) is 15.2. The van der Waals surface area contributed by atoms with Crippen molar-refractivity contribution in [1.82, 2.24) is 5.32 Å². The van der Waals surface area contributed by atoms with Crippen LogP contribution in [-0.2, 0) is 16.0 Å². The molecule has 0 bridgehead atoms. The fraction of sp³-hybridized carbons (Fsp3) is 0.345. The number of ether oxygens (including phenoxy) is 1. The lowest BCUT2D eigenvalue weighted by atomic mass is 10.1. The monoisotopic (exact) mass is 576 g/mol. The van der Waals surface area contributed by atoms with Crippen molar-refractivity contribution in [3.63, 3.8) is 0 Å². The summed E-state index contributed by atoms with van der Waals surface area (Å²) in [5.41, 5.74) is 1.11. The zero-order chi connectivity index (χ0) is 29.1. The van der Waals surface area contributed by atoms with E-state index in [1.165, 1.54) is 24.3 Å². The Labute approximate surface area is 231 Å². The first-order valence-corrected chi connectivity index (χ1v) is 14.5. The Hall–Kier alpha value is -3.57. The van der Waals surface area contributed by atoms with E-state index >= 15 is 0 Å². The molecule has 0 aromatic heterocycles. The summed E-state index contributed by atoms with van der Waals surface area (Å²) in [6.07, 6.45) is -3.93. The van der Waals surface area contributed by atoms with Crippen molar-refractivity contribution in [3.05, 3.63) is 89.5 Å². The van der Waals surface area contributed by atoms with Crippen molar-refractivity contribution in [2.75, 3.05) is 23.8 Å². The molecule has 4 rings (SSSR count). The van der Waals surface area contributed by atoms with E-state index in [1.807, 2.05) is 19.1 Å². The number of nitrogens with one attached hydrogen (secondary N) is 1. The Bertz CT molecular complexity index is 1410. The minimum Gasteiger partial charge on any atom is -0.489 e. The molecular weight excluding hydrogens is 545 g/mol. The maximum atomic E-state index is 12.9. The zero-order valence-corrected chi connectivity index (χ0v) is 22.9. The predicted molar refractivity (Wildman–Crippen MR) is 145 cm³/mol. The van der Waals surface area contributed by atoms with Gasteiger partial charge in [0.05, 0.1) is 35.4 Å². The largest absolute Gasteiger partial charge is 0.489 e. The van der Waals surface area contributed by atoms with Crippen LogP contribution in [0.15, 0.2) is 77.7 Å². The Kier molecular flexibility index (Phi) is 8.74.